The molecular formula is C24H21N3O3S3. The number of benzene rings is 2. The summed E-state index contributed by atoms with van der Waals surface area (Å²) in [6, 6.07) is 17.5. The van der Waals surface area contributed by atoms with Crippen molar-refractivity contribution >= 4 is 56.3 Å². The number of hydrogen-bond acceptors (Lipinski definition) is 8. The summed E-state index contributed by atoms with van der Waals surface area (Å²) in [5.74, 6) is 1.45. The Balaban J connectivity index is 1.43. The average molecular weight is 496 g/mol. The summed E-state index contributed by atoms with van der Waals surface area (Å²) in [4.78, 5) is 19.1. The molecule has 9 heteroatoms. The van der Waals surface area contributed by atoms with Crippen LogP contribution in [0, 0.1) is 0 Å². The number of thiazole rings is 1. The number of para-hydroxylation sites is 2. The van der Waals surface area contributed by atoms with Crippen molar-refractivity contribution in [3.63, 3.8) is 0 Å². The number of rotatable bonds is 7. The molecule has 0 saturated heterocycles. The molecule has 4 aromatic rings. The van der Waals surface area contributed by atoms with Crippen LogP contribution in [0.1, 0.15) is 22.9 Å². The molecule has 168 valence electrons. The van der Waals surface area contributed by atoms with Crippen LogP contribution in [0.5, 0.6) is 11.5 Å². The van der Waals surface area contributed by atoms with Crippen molar-refractivity contribution < 1.29 is 14.3 Å². The van der Waals surface area contributed by atoms with Gasteiger partial charge in [-0.1, -0.05) is 42.1 Å². The summed E-state index contributed by atoms with van der Waals surface area (Å²) in [5, 5.41) is 8.38. The molecule has 2 aromatic carbocycles. The lowest BCUT2D eigenvalue weighted by molar-refractivity contribution is -0.130. The van der Waals surface area contributed by atoms with Crippen molar-refractivity contribution in [2.45, 2.75) is 16.8 Å². The molecule has 3 heterocycles. The fourth-order valence-electron chi connectivity index (χ4n) is 3.85. The van der Waals surface area contributed by atoms with E-state index in [0.717, 1.165) is 30.7 Å². The summed E-state index contributed by atoms with van der Waals surface area (Å²) in [6.45, 7) is 0. The number of methoxy groups -OCH3 is 2. The maximum atomic E-state index is 13.4. The second-order valence-corrected chi connectivity index (χ2v) is 10.5. The van der Waals surface area contributed by atoms with Crippen LogP contribution in [0.15, 0.2) is 69.4 Å². The maximum Gasteiger partial charge on any atom is 0.253 e. The number of hydrogen-bond donors (Lipinski definition) is 0. The van der Waals surface area contributed by atoms with E-state index in [1.54, 1.807) is 41.9 Å². The van der Waals surface area contributed by atoms with Crippen LogP contribution in [0.3, 0.4) is 0 Å². The lowest BCUT2D eigenvalue weighted by Gasteiger charge is -2.24. The van der Waals surface area contributed by atoms with Gasteiger partial charge in [0.25, 0.3) is 5.91 Å². The Bertz CT molecular complexity index is 1280. The topological polar surface area (TPSA) is 64.0 Å². The van der Waals surface area contributed by atoms with Crippen LogP contribution in [-0.4, -0.2) is 41.6 Å². The lowest BCUT2D eigenvalue weighted by atomic mass is 9.99. The van der Waals surface area contributed by atoms with Gasteiger partial charge in [-0.25, -0.2) is 9.99 Å². The number of thioether (sulfide) groups is 1. The van der Waals surface area contributed by atoms with Crippen LogP contribution < -0.4 is 9.47 Å². The number of carbonyl (C=O) groups is 1. The van der Waals surface area contributed by atoms with Crippen molar-refractivity contribution in [1.82, 2.24) is 9.99 Å². The first-order valence-corrected chi connectivity index (χ1v) is 13.0. The molecule has 5 rings (SSSR count). The van der Waals surface area contributed by atoms with Gasteiger partial charge in [0.2, 0.25) is 0 Å². The molecule has 0 unspecified atom stereocenters. The first-order chi connectivity index (χ1) is 16.2. The molecule has 1 amide bonds. The highest BCUT2D eigenvalue weighted by Gasteiger charge is 2.35. The number of nitrogens with zero attached hydrogens (tertiary/aromatic N) is 3. The zero-order valence-corrected chi connectivity index (χ0v) is 20.5. The smallest absolute Gasteiger partial charge is 0.253 e. The minimum absolute atomic E-state index is 0.0688. The van der Waals surface area contributed by atoms with E-state index in [2.05, 4.69) is 4.98 Å². The van der Waals surface area contributed by atoms with E-state index >= 15 is 0 Å². The second-order valence-electron chi connectivity index (χ2n) is 7.30. The molecule has 0 saturated carbocycles. The number of carbonyl (C=O) groups excluding carboxylic acids is 1. The second kappa shape index (κ2) is 9.54. The van der Waals surface area contributed by atoms with Crippen molar-refractivity contribution in [3.05, 3.63) is 70.4 Å². The Morgan fingerprint density at radius 2 is 2.00 bits per heavy atom. The van der Waals surface area contributed by atoms with Crippen molar-refractivity contribution in [2.24, 2.45) is 5.10 Å². The predicted octanol–water partition coefficient (Wildman–Crippen LogP) is 5.85. The zero-order chi connectivity index (χ0) is 22.8. The van der Waals surface area contributed by atoms with Gasteiger partial charge in [0.1, 0.15) is 0 Å². The largest absolute Gasteiger partial charge is 0.493 e. The van der Waals surface area contributed by atoms with Crippen molar-refractivity contribution in [2.75, 3.05) is 20.0 Å². The van der Waals surface area contributed by atoms with Gasteiger partial charge >= 0.3 is 0 Å². The van der Waals surface area contributed by atoms with Gasteiger partial charge in [0, 0.05) is 12.0 Å². The lowest BCUT2D eigenvalue weighted by Crippen LogP contribution is -2.28. The first-order valence-electron chi connectivity index (χ1n) is 10.3. The molecule has 6 nitrogen and oxygen atoms in total. The Morgan fingerprint density at radius 3 is 2.76 bits per heavy atom. The molecule has 0 radical (unpaired) electrons. The highest BCUT2D eigenvalue weighted by Crippen LogP contribution is 2.42. The van der Waals surface area contributed by atoms with Gasteiger partial charge in [0.05, 0.1) is 46.8 Å². The van der Waals surface area contributed by atoms with E-state index < -0.39 is 0 Å². The van der Waals surface area contributed by atoms with Crippen LogP contribution in [0.2, 0.25) is 0 Å². The number of ether oxygens (including phenoxy) is 2. The summed E-state index contributed by atoms with van der Waals surface area (Å²) in [6.07, 6.45) is 0.613. The van der Waals surface area contributed by atoms with Gasteiger partial charge in [-0.05, 0) is 29.6 Å². The van der Waals surface area contributed by atoms with Crippen molar-refractivity contribution in [1.29, 1.82) is 0 Å². The van der Waals surface area contributed by atoms with Crippen LogP contribution >= 0.6 is 34.4 Å². The third-order valence-electron chi connectivity index (χ3n) is 5.36. The molecule has 1 aliphatic heterocycles. The Morgan fingerprint density at radius 1 is 1.12 bits per heavy atom. The van der Waals surface area contributed by atoms with Crippen LogP contribution in [-0.2, 0) is 4.79 Å². The van der Waals surface area contributed by atoms with E-state index in [0.29, 0.717) is 17.9 Å². The van der Waals surface area contributed by atoms with E-state index in [1.165, 1.54) is 11.8 Å². The zero-order valence-electron chi connectivity index (χ0n) is 18.1. The number of aromatic nitrogens is 1. The third kappa shape index (κ3) is 4.36. The van der Waals surface area contributed by atoms with Crippen molar-refractivity contribution in [3.8, 4) is 11.5 Å². The van der Waals surface area contributed by atoms with Gasteiger partial charge in [-0.15, -0.1) is 22.7 Å². The molecule has 0 spiro atoms. The summed E-state index contributed by atoms with van der Waals surface area (Å²) in [7, 11) is 3.23. The van der Waals surface area contributed by atoms with Crippen LogP contribution in [0.25, 0.3) is 10.2 Å². The summed E-state index contributed by atoms with van der Waals surface area (Å²) in [5.41, 5.74) is 2.74. The molecule has 0 bridgehead atoms. The summed E-state index contributed by atoms with van der Waals surface area (Å²) < 4.78 is 13.2. The van der Waals surface area contributed by atoms with Gasteiger partial charge in [0.15, 0.2) is 15.8 Å². The highest BCUT2D eigenvalue weighted by atomic mass is 32.2. The standard InChI is InChI=1S/C24H21N3O3S3/c1-29-19-9-5-7-15(23(19)30-2)18-13-17(20-11-6-12-31-20)26-27(18)22(28)14-32-24-25-16-8-3-4-10-21(16)33-24/h3-12,18H,13-14H2,1-2H3/t18-/m1/s1. The van der Waals surface area contributed by atoms with E-state index in [-0.39, 0.29) is 17.7 Å². The molecule has 0 fully saturated rings. The normalized spacial score (nSPS) is 15.6. The van der Waals surface area contributed by atoms with E-state index in [1.807, 2.05) is 60.0 Å². The number of thiophene rings is 1. The molecular weight excluding hydrogens is 474 g/mol. The molecule has 2 aromatic heterocycles. The van der Waals surface area contributed by atoms with Gasteiger partial charge < -0.3 is 9.47 Å². The monoisotopic (exact) mass is 495 g/mol. The Labute approximate surface area is 203 Å². The molecule has 33 heavy (non-hydrogen) atoms. The van der Waals surface area contributed by atoms with Crippen LogP contribution in [0.4, 0.5) is 0 Å². The van der Waals surface area contributed by atoms with Gasteiger partial charge in [-0.3, -0.25) is 4.79 Å². The fraction of sp³-hybridized carbons (Fsp3) is 0.208. The number of fused-ring (bicyclic) bond motifs is 1. The van der Waals surface area contributed by atoms with E-state index in [4.69, 9.17) is 14.6 Å². The van der Waals surface area contributed by atoms with Gasteiger partial charge in [-0.2, -0.15) is 5.10 Å². The average Bonchev–Trinajstić information content (AvgIpc) is 3.60. The number of hydrazone groups is 1. The fourth-order valence-corrected chi connectivity index (χ4v) is 6.49. The molecule has 1 atom stereocenters. The maximum absolute atomic E-state index is 13.4. The Kier molecular flexibility index (Phi) is 6.34. The molecule has 0 aliphatic carbocycles. The first kappa shape index (κ1) is 21.9. The molecule has 1 aliphatic rings. The summed E-state index contributed by atoms with van der Waals surface area (Å²) >= 11 is 4.67. The predicted molar refractivity (Wildman–Crippen MR) is 135 cm³/mol. The number of amides is 1. The minimum Gasteiger partial charge on any atom is -0.493 e. The highest BCUT2D eigenvalue weighted by molar-refractivity contribution is 8.01. The minimum atomic E-state index is -0.268. The molecule has 0 N–H and O–H groups in total. The van der Waals surface area contributed by atoms with E-state index in [9.17, 15) is 4.79 Å². The quantitative estimate of drug-likeness (QED) is 0.301. The Hall–Kier alpha value is -2.88. The third-order valence-corrected chi connectivity index (χ3v) is 8.44. The SMILES string of the molecule is COc1cccc([C@H]2CC(c3cccs3)=NN2C(=O)CSc2nc3ccccc3s2)c1OC.